The van der Waals surface area contributed by atoms with Crippen LogP contribution in [0.5, 0.6) is 0 Å². The molecule has 0 fully saturated rings. The van der Waals surface area contributed by atoms with E-state index in [0.717, 1.165) is 25.0 Å². The molecule has 0 aliphatic heterocycles. The predicted octanol–water partition coefficient (Wildman–Crippen LogP) is 2.81. The minimum atomic E-state index is -0.585. The van der Waals surface area contributed by atoms with Crippen LogP contribution in [0.15, 0.2) is 29.8 Å². The summed E-state index contributed by atoms with van der Waals surface area (Å²) in [4.78, 5) is 30.0. The number of amides is 1. The Morgan fingerprint density at radius 3 is 3.04 bits per heavy atom. The predicted molar refractivity (Wildman–Crippen MR) is 90.4 cm³/mol. The number of anilines is 1. The van der Waals surface area contributed by atoms with E-state index in [1.165, 1.54) is 11.3 Å². The lowest BCUT2D eigenvalue weighted by Crippen LogP contribution is -2.33. The first kappa shape index (κ1) is 17.2. The van der Waals surface area contributed by atoms with Gasteiger partial charge in [0.2, 0.25) is 0 Å². The molecule has 1 aliphatic rings. The standard InChI is InChI=1S/C16H21N3O3S/c1-3-9-17-16-18-13(11-23-16)15(21)22-10-14(20)19(4-2)12-7-5-6-8-12/h3,7,11H,1,4-6,8-10H2,2H3,(H,17,18). The molecular weight excluding hydrogens is 314 g/mol. The molecule has 1 N–H and O–H groups in total. The smallest absolute Gasteiger partial charge is 0.358 e. The Morgan fingerprint density at radius 2 is 2.39 bits per heavy atom. The van der Waals surface area contributed by atoms with Crippen LogP contribution in [0.25, 0.3) is 0 Å². The van der Waals surface area contributed by atoms with Gasteiger partial charge < -0.3 is 15.0 Å². The van der Waals surface area contributed by atoms with Crippen molar-refractivity contribution in [3.8, 4) is 0 Å². The number of thiazole rings is 1. The van der Waals surface area contributed by atoms with Crippen molar-refractivity contribution in [1.82, 2.24) is 9.88 Å². The zero-order valence-electron chi connectivity index (χ0n) is 13.2. The second-order valence-corrected chi connectivity index (χ2v) is 5.87. The monoisotopic (exact) mass is 335 g/mol. The topological polar surface area (TPSA) is 71.5 Å². The van der Waals surface area contributed by atoms with E-state index < -0.39 is 5.97 Å². The number of likely N-dealkylation sites (N-methyl/N-ethyl adjacent to an activating group) is 1. The summed E-state index contributed by atoms with van der Waals surface area (Å²) in [7, 11) is 0. The molecule has 1 aromatic heterocycles. The third-order valence-electron chi connectivity index (χ3n) is 3.42. The van der Waals surface area contributed by atoms with Crippen LogP contribution in [0.1, 0.15) is 36.7 Å². The Kier molecular flexibility index (Phi) is 6.34. The molecule has 1 aromatic rings. The lowest BCUT2D eigenvalue weighted by atomic mass is 10.3. The van der Waals surface area contributed by atoms with E-state index in [4.69, 9.17) is 4.74 Å². The molecule has 1 amide bonds. The number of allylic oxidation sites excluding steroid dienone is 2. The maximum atomic E-state index is 12.2. The van der Waals surface area contributed by atoms with Crippen molar-refractivity contribution >= 4 is 28.3 Å². The first-order valence-electron chi connectivity index (χ1n) is 7.62. The van der Waals surface area contributed by atoms with E-state index in [-0.39, 0.29) is 18.2 Å². The van der Waals surface area contributed by atoms with Crippen LogP contribution in [0.3, 0.4) is 0 Å². The van der Waals surface area contributed by atoms with Crippen molar-refractivity contribution in [2.24, 2.45) is 0 Å². The fourth-order valence-electron chi connectivity index (χ4n) is 2.33. The van der Waals surface area contributed by atoms with Crippen LogP contribution in [-0.2, 0) is 9.53 Å². The molecule has 0 bridgehead atoms. The minimum absolute atomic E-state index is 0.200. The van der Waals surface area contributed by atoms with Gasteiger partial charge in [-0.1, -0.05) is 12.2 Å². The molecule has 0 aromatic carbocycles. The van der Waals surface area contributed by atoms with Crippen molar-refractivity contribution in [2.45, 2.75) is 26.2 Å². The average molecular weight is 335 g/mol. The molecule has 23 heavy (non-hydrogen) atoms. The van der Waals surface area contributed by atoms with Crippen LogP contribution in [-0.4, -0.2) is 41.5 Å². The molecule has 7 heteroatoms. The van der Waals surface area contributed by atoms with Crippen LogP contribution < -0.4 is 5.32 Å². The van der Waals surface area contributed by atoms with Gasteiger partial charge in [0.15, 0.2) is 17.4 Å². The lowest BCUT2D eigenvalue weighted by Gasteiger charge is -2.21. The van der Waals surface area contributed by atoms with Gasteiger partial charge in [-0.25, -0.2) is 9.78 Å². The number of aromatic nitrogens is 1. The highest BCUT2D eigenvalue weighted by molar-refractivity contribution is 7.13. The summed E-state index contributed by atoms with van der Waals surface area (Å²) >= 11 is 1.31. The zero-order chi connectivity index (χ0) is 16.7. The highest BCUT2D eigenvalue weighted by atomic mass is 32.1. The summed E-state index contributed by atoms with van der Waals surface area (Å²) < 4.78 is 5.09. The summed E-state index contributed by atoms with van der Waals surface area (Å²) in [6.07, 6.45) is 6.74. The molecular formula is C16H21N3O3S. The van der Waals surface area contributed by atoms with Crippen molar-refractivity contribution in [3.05, 3.63) is 35.5 Å². The molecule has 0 atom stereocenters. The SMILES string of the molecule is C=CCNc1nc(C(=O)OCC(=O)N(CC)C2=CCCC2)cs1. The van der Waals surface area contributed by atoms with Gasteiger partial charge >= 0.3 is 5.97 Å². The number of rotatable bonds is 8. The van der Waals surface area contributed by atoms with Crippen molar-refractivity contribution < 1.29 is 14.3 Å². The first-order valence-corrected chi connectivity index (χ1v) is 8.50. The molecule has 2 rings (SSSR count). The number of carbonyl (C=O) groups excluding carboxylic acids is 2. The van der Waals surface area contributed by atoms with Crippen molar-refractivity contribution in [2.75, 3.05) is 25.0 Å². The largest absolute Gasteiger partial charge is 0.451 e. The summed E-state index contributed by atoms with van der Waals surface area (Å²) in [5, 5.41) is 5.22. The summed E-state index contributed by atoms with van der Waals surface area (Å²) in [6, 6.07) is 0. The first-order chi connectivity index (χ1) is 11.2. The Balaban J connectivity index is 1.86. The fraction of sp³-hybridized carbons (Fsp3) is 0.438. The molecule has 0 spiro atoms. The van der Waals surface area contributed by atoms with E-state index in [2.05, 4.69) is 23.0 Å². The molecule has 0 radical (unpaired) electrons. The number of esters is 1. The summed E-state index contributed by atoms with van der Waals surface area (Å²) in [6.45, 7) is 6.39. The molecule has 1 aliphatic carbocycles. The normalized spacial score (nSPS) is 13.3. The Hall–Kier alpha value is -2.15. The number of ether oxygens (including phenoxy) is 1. The number of nitrogens with zero attached hydrogens (tertiary/aromatic N) is 2. The summed E-state index contributed by atoms with van der Waals surface area (Å²) in [5.41, 5.74) is 1.23. The number of hydrogen-bond donors (Lipinski definition) is 1. The van der Waals surface area contributed by atoms with Gasteiger partial charge in [0, 0.05) is 24.2 Å². The second kappa shape index (κ2) is 8.47. The molecule has 0 saturated heterocycles. The van der Waals surface area contributed by atoms with Gasteiger partial charge in [0.1, 0.15) is 0 Å². The second-order valence-electron chi connectivity index (χ2n) is 5.01. The quantitative estimate of drug-likeness (QED) is 0.584. The van der Waals surface area contributed by atoms with Crippen LogP contribution in [0.4, 0.5) is 5.13 Å². The van der Waals surface area contributed by atoms with E-state index in [9.17, 15) is 9.59 Å². The third kappa shape index (κ3) is 4.66. The molecule has 0 saturated carbocycles. The Morgan fingerprint density at radius 1 is 1.57 bits per heavy atom. The molecule has 124 valence electrons. The van der Waals surface area contributed by atoms with E-state index in [1.807, 2.05) is 6.92 Å². The highest BCUT2D eigenvalue weighted by Crippen LogP contribution is 2.21. The maximum absolute atomic E-state index is 12.2. The maximum Gasteiger partial charge on any atom is 0.358 e. The van der Waals surface area contributed by atoms with Gasteiger partial charge in [-0.3, -0.25) is 4.79 Å². The Labute approximate surface area is 139 Å². The van der Waals surface area contributed by atoms with Crippen molar-refractivity contribution in [3.63, 3.8) is 0 Å². The van der Waals surface area contributed by atoms with E-state index >= 15 is 0 Å². The van der Waals surface area contributed by atoms with E-state index in [0.29, 0.717) is 18.2 Å². The van der Waals surface area contributed by atoms with Crippen molar-refractivity contribution in [1.29, 1.82) is 0 Å². The van der Waals surface area contributed by atoms with Gasteiger partial charge in [-0.2, -0.15) is 0 Å². The number of nitrogens with one attached hydrogen (secondary N) is 1. The molecule has 1 heterocycles. The van der Waals surface area contributed by atoms with Crippen LogP contribution >= 0.6 is 11.3 Å². The van der Waals surface area contributed by atoms with Gasteiger partial charge in [-0.15, -0.1) is 17.9 Å². The fourth-order valence-corrected chi connectivity index (χ4v) is 3.02. The van der Waals surface area contributed by atoms with Gasteiger partial charge in [0.05, 0.1) is 0 Å². The number of carbonyl (C=O) groups is 2. The van der Waals surface area contributed by atoms with E-state index in [1.54, 1.807) is 16.4 Å². The molecule has 6 nitrogen and oxygen atoms in total. The third-order valence-corrected chi connectivity index (χ3v) is 4.22. The Bertz CT molecular complexity index is 609. The van der Waals surface area contributed by atoms with Gasteiger partial charge in [-0.05, 0) is 26.2 Å². The zero-order valence-corrected chi connectivity index (χ0v) is 14.0. The minimum Gasteiger partial charge on any atom is -0.451 e. The van der Waals surface area contributed by atoms with Crippen LogP contribution in [0, 0.1) is 0 Å². The van der Waals surface area contributed by atoms with Gasteiger partial charge in [0.25, 0.3) is 5.91 Å². The summed E-state index contributed by atoms with van der Waals surface area (Å²) in [5.74, 6) is -0.785. The van der Waals surface area contributed by atoms with Crippen LogP contribution in [0.2, 0.25) is 0 Å². The molecule has 0 unspecified atom stereocenters. The highest BCUT2D eigenvalue weighted by Gasteiger charge is 2.21. The lowest BCUT2D eigenvalue weighted by molar-refractivity contribution is -0.132. The number of hydrogen-bond acceptors (Lipinski definition) is 6. The average Bonchev–Trinajstić information content (AvgIpc) is 3.23.